The van der Waals surface area contributed by atoms with Gasteiger partial charge in [-0.2, -0.15) is 13.2 Å². The van der Waals surface area contributed by atoms with E-state index in [9.17, 15) is 33.0 Å². The molecule has 3 aromatic rings. The van der Waals surface area contributed by atoms with Crippen LogP contribution in [0.1, 0.15) is 54.6 Å². The molecule has 0 saturated heterocycles. The lowest BCUT2D eigenvalue weighted by Gasteiger charge is -2.45. The third kappa shape index (κ3) is 4.52. The lowest BCUT2D eigenvalue weighted by molar-refractivity contribution is -0.155. The minimum atomic E-state index is -4.45. The summed E-state index contributed by atoms with van der Waals surface area (Å²) in [6.07, 6.45) is -2.95. The minimum Gasteiger partial charge on any atom is -0.507 e. The van der Waals surface area contributed by atoms with E-state index in [1.165, 1.54) is 18.2 Å². The first-order valence-corrected chi connectivity index (χ1v) is 11.8. The lowest BCUT2D eigenvalue weighted by Crippen LogP contribution is -2.47. The number of benzene rings is 3. The number of alkyl halides is 3. The number of phenols is 1. The molecule has 0 bridgehead atoms. The van der Waals surface area contributed by atoms with Crippen LogP contribution in [0.5, 0.6) is 11.5 Å². The van der Waals surface area contributed by atoms with Crippen LogP contribution in [0.3, 0.4) is 0 Å². The van der Waals surface area contributed by atoms with E-state index in [0.29, 0.717) is 35.6 Å². The van der Waals surface area contributed by atoms with Gasteiger partial charge in [0.1, 0.15) is 18.1 Å². The van der Waals surface area contributed by atoms with Crippen molar-refractivity contribution in [1.82, 2.24) is 0 Å². The number of ether oxygens (including phenoxy) is 1. The third-order valence-corrected chi connectivity index (χ3v) is 7.56. The first-order valence-electron chi connectivity index (χ1n) is 11.8. The predicted molar refractivity (Wildman–Crippen MR) is 128 cm³/mol. The van der Waals surface area contributed by atoms with Crippen LogP contribution in [0, 0.1) is 17.3 Å². The van der Waals surface area contributed by atoms with Gasteiger partial charge in [-0.25, -0.2) is 0 Å². The van der Waals surface area contributed by atoms with Gasteiger partial charge in [0.15, 0.2) is 5.78 Å². The molecule has 1 saturated carbocycles. The maximum Gasteiger partial charge on any atom is 0.416 e. The summed E-state index contributed by atoms with van der Waals surface area (Å²) in [4.78, 5) is 25.7. The maximum absolute atomic E-state index is 13.7. The van der Waals surface area contributed by atoms with Crippen molar-refractivity contribution in [3.8, 4) is 11.5 Å². The Hall–Kier alpha value is -3.55. The quantitative estimate of drug-likeness (QED) is 0.331. The van der Waals surface area contributed by atoms with Crippen molar-refractivity contribution in [2.75, 3.05) is 0 Å². The summed E-state index contributed by atoms with van der Waals surface area (Å²) in [7, 11) is 0. The molecule has 190 valence electrons. The molecule has 0 spiro atoms. The van der Waals surface area contributed by atoms with Gasteiger partial charge in [0.05, 0.1) is 16.5 Å². The molecule has 3 atom stereocenters. The van der Waals surface area contributed by atoms with E-state index in [1.807, 2.05) is 0 Å². The van der Waals surface area contributed by atoms with Crippen LogP contribution in [0.4, 0.5) is 13.2 Å². The summed E-state index contributed by atoms with van der Waals surface area (Å²) >= 11 is 0. The highest BCUT2D eigenvalue weighted by Crippen LogP contribution is 2.51. The second-order valence-electron chi connectivity index (χ2n) is 9.53. The van der Waals surface area contributed by atoms with Gasteiger partial charge >= 0.3 is 12.1 Å². The van der Waals surface area contributed by atoms with Crippen molar-refractivity contribution in [2.24, 2.45) is 17.3 Å². The average molecular weight is 501 g/mol. The smallest absolute Gasteiger partial charge is 0.416 e. The first kappa shape index (κ1) is 25.5. The zero-order valence-electron chi connectivity index (χ0n) is 19.9. The van der Waals surface area contributed by atoms with Gasteiger partial charge < -0.3 is 14.9 Å². The van der Waals surface area contributed by atoms with Crippen LogP contribution in [0.15, 0.2) is 54.6 Å². The van der Waals surface area contributed by atoms with Crippen molar-refractivity contribution in [2.45, 2.75) is 45.9 Å². The molecule has 0 amide bonds. The Labute approximate surface area is 206 Å². The van der Waals surface area contributed by atoms with E-state index >= 15 is 0 Å². The molecule has 2 N–H and O–H groups in total. The van der Waals surface area contributed by atoms with E-state index in [0.717, 1.165) is 12.1 Å². The minimum absolute atomic E-state index is 0.0942. The van der Waals surface area contributed by atoms with Crippen LogP contribution in [-0.2, 0) is 17.6 Å². The number of aromatic hydroxyl groups is 1. The Bertz CT molecular complexity index is 1300. The second-order valence-corrected chi connectivity index (χ2v) is 9.53. The molecular weight excluding hydrogens is 473 g/mol. The highest BCUT2D eigenvalue weighted by Gasteiger charge is 2.51. The number of fused-ring (bicyclic) bond motifs is 1. The molecule has 0 heterocycles. The number of Topliss-reactive ketones (excluding diaryl/α,β-unsaturated/α-hetero) is 1. The van der Waals surface area contributed by atoms with Gasteiger partial charge in [0.2, 0.25) is 0 Å². The monoisotopic (exact) mass is 500 g/mol. The molecule has 0 aromatic heterocycles. The van der Waals surface area contributed by atoms with Crippen LogP contribution in [0.2, 0.25) is 0 Å². The van der Waals surface area contributed by atoms with Crippen LogP contribution >= 0.6 is 0 Å². The van der Waals surface area contributed by atoms with E-state index in [1.54, 1.807) is 38.1 Å². The number of aliphatic carboxylic acids is 1. The fourth-order valence-corrected chi connectivity index (χ4v) is 4.96. The molecule has 3 aromatic carbocycles. The normalized spacial score (nSPS) is 19.4. The van der Waals surface area contributed by atoms with Crippen molar-refractivity contribution in [3.63, 3.8) is 0 Å². The zero-order chi connectivity index (χ0) is 26.3. The summed E-state index contributed by atoms with van der Waals surface area (Å²) in [5.41, 5.74) is -1.22. The second kappa shape index (κ2) is 9.48. The van der Waals surface area contributed by atoms with Crippen LogP contribution in [-0.4, -0.2) is 22.0 Å². The van der Waals surface area contributed by atoms with Gasteiger partial charge in [-0.15, -0.1) is 0 Å². The molecule has 0 radical (unpaired) electrons. The number of carbonyl (C=O) groups is 2. The van der Waals surface area contributed by atoms with E-state index in [2.05, 4.69) is 0 Å². The van der Waals surface area contributed by atoms with Crippen molar-refractivity contribution < 1.29 is 37.7 Å². The fourth-order valence-electron chi connectivity index (χ4n) is 4.96. The Morgan fingerprint density at radius 3 is 2.19 bits per heavy atom. The molecule has 4 rings (SSSR count). The third-order valence-electron chi connectivity index (χ3n) is 7.56. The molecule has 3 unspecified atom stereocenters. The number of phenolic OH excluding ortho intramolecular Hbond substituents is 1. The van der Waals surface area contributed by atoms with Crippen molar-refractivity contribution in [3.05, 3.63) is 71.3 Å². The molecule has 8 heteroatoms. The number of carboxylic acids is 1. The Kier molecular flexibility index (Phi) is 6.73. The van der Waals surface area contributed by atoms with Gasteiger partial charge in [0, 0.05) is 16.7 Å². The number of rotatable bonds is 8. The zero-order valence-corrected chi connectivity index (χ0v) is 19.9. The fraction of sp³-hybridized carbons (Fsp3) is 0.357. The molecular formula is C28H27F3O5. The van der Waals surface area contributed by atoms with Crippen LogP contribution in [0.25, 0.3) is 10.8 Å². The largest absolute Gasteiger partial charge is 0.507 e. The SMILES string of the molecule is CCC(C)(C(=O)O)C1CCC1C(=O)c1cc(O)c2ccccc2c1OCc1ccc(C(F)(F)F)cc1. The van der Waals surface area contributed by atoms with Crippen molar-refractivity contribution >= 4 is 22.5 Å². The Morgan fingerprint density at radius 1 is 1.03 bits per heavy atom. The van der Waals surface area contributed by atoms with Crippen molar-refractivity contribution in [1.29, 1.82) is 0 Å². The van der Waals surface area contributed by atoms with Gasteiger partial charge in [-0.05, 0) is 55.9 Å². The Balaban J connectivity index is 1.70. The number of hydrogen-bond donors (Lipinski definition) is 2. The topological polar surface area (TPSA) is 83.8 Å². The number of ketones is 1. The number of halogens is 3. The van der Waals surface area contributed by atoms with Gasteiger partial charge in [0.25, 0.3) is 0 Å². The summed E-state index contributed by atoms with van der Waals surface area (Å²) in [5.74, 6) is -2.05. The van der Waals surface area contributed by atoms with Gasteiger partial charge in [-0.1, -0.05) is 43.3 Å². The summed E-state index contributed by atoms with van der Waals surface area (Å²) in [6.45, 7) is 3.34. The highest BCUT2D eigenvalue weighted by atomic mass is 19.4. The molecule has 1 aliphatic rings. The summed E-state index contributed by atoms with van der Waals surface area (Å²) in [5, 5.41) is 21.4. The summed E-state index contributed by atoms with van der Waals surface area (Å²) in [6, 6.07) is 12.7. The van der Waals surface area contributed by atoms with E-state index in [-0.39, 0.29) is 35.4 Å². The molecule has 1 fully saturated rings. The standard InChI is InChI=1S/C28H27F3O5/c1-3-27(2,26(34)35)22-13-12-20(22)24(33)21-14-23(32)18-6-4-5-7-19(18)25(21)36-15-16-8-10-17(11-9-16)28(29,30)31/h4-11,14,20,22,32H,3,12-13,15H2,1-2H3,(H,34,35). The maximum atomic E-state index is 13.7. The number of carboxylic acid groups (broad SMARTS) is 1. The number of carbonyl (C=O) groups excluding carboxylic acids is 1. The summed E-state index contributed by atoms with van der Waals surface area (Å²) < 4.78 is 44.7. The van der Waals surface area contributed by atoms with E-state index < -0.39 is 29.0 Å². The van der Waals surface area contributed by atoms with Crippen LogP contribution < -0.4 is 4.74 Å². The van der Waals surface area contributed by atoms with Gasteiger partial charge in [-0.3, -0.25) is 9.59 Å². The highest BCUT2D eigenvalue weighted by molar-refractivity contribution is 6.08. The average Bonchev–Trinajstić information content (AvgIpc) is 2.82. The molecule has 0 aliphatic heterocycles. The molecule has 36 heavy (non-hydrogen) atoms. The Morgan fingerprint density at radius 2 is 1.67 bits per heavy atom. The molecule has 1 aliphatic carbocycles. The number of hydrogen-bond acceptors (Lipinski definition) is 4. The molecule has 5 nitrogen and oxygen atoms in total. The lowest BCUT2D eigenvalue weighted by atomic mass is 9.57. The first-order chi connectivity index (χ1) is 17.0. The van der Waals surface area contributed by atoms with E-state index in [4.69, 9.17) is 4.74 Å². The predicted octanol–water partition coefficient (Wildman–Crippen LogP) is 6.85.